The van der Waals surface area contributed by atoms with Crippen LogP contribution in [0.3, 0.4) is 0 Å². The molecule has 0 N–H and O–H groups in total. The number of aromatic nitrogens is 2. The van der Waals surface area contributed by atoms with Gasteiger partial charge in [-0.1, -0.05) is 24.3 Å². The van der Waals surface area contributed by atoms with E-state index in [-0.39, 0.29) is 0 Å². The average molecular weight is 398 g/mol. The van der Waals surface area contributed by atoms with Gasteiger partial charge in [0.05, 0.1) is 23.8 Å². The highest BCUT2D eigenvalue weighted by atomic mass is 19.4. The first kappa shape index (κ1) is 19.0. The second-order valence-electron chi connectivity index (χ2n) is 6.65. The summed E-state index contributed by atoms with van der Waals surface area (Å²) in [5, 5.41) is 0.732. The normalized spacial score (nSPS) is 11.8. The number of halogens is 3. The summed E-state index contributed by atoms with van der Waals surface area (Å²) in [7, 11) is 1.58. The van der Waals surface area contributed by atoms with Crippen molar-refractivity contribution in [2.45, 2.75) is 20.0 Å². The number of ether oxygens (including phenoxy) is 1. The highest BCUT2D eigenvalue weighted by Gasteiger charge is 2.30. The van der Waals surface area contributed by atoms with Gasteiger partial charge in [0.15, 0.2) is 0 Å². The van der Waals surface area contributed by atoms with Crippen LogP contribution in [0.1, 0.15) is 17.1 Å². The lowest BCUT2D eigenvalue weighted by Crippen LogP contribution is -2.03. The molecular weight excluding hydrogens is 381 g/mol. The third kappa shape index (κ3) is 3.44. The molecule has 2 aromatic carbocycles. The first-order valence-electron chi connectivity index (χ1n) is 8.87. The summed E-state index contributed by atoms with van der Waals surface area (Å²) in [5.74, 6) is 1.70. The SMILES string of the molecule is COc1ccc(-c2c(-c3ccc(C(F)(F)F)cc3)oc3nc(C)nc(C)c23)cc1. The van der Waals surface area contributed by atoms with Crippen LogP contribution in [0, 0.1) is 13.8 Å². The Hall–Kier alpha value is -3.35. The minimum Gasteiger partial charge on any atom is -0.497 e. The summed E-state index contributed by atoms with van der Waals surface area (Å²) in [5.41, 5.74) is 2.51. The minimum absolute atomic E-state index is 0.399. The van der Waals surface area contributed by atoms with Gasteiger partial charge in [-0.25, -0.2) is 4.98 Å². The maximum atomic E-state index is 12.9. The molecule has 0 amide bonds. The number of nitrogens with zero attached hydrogens (tertiary/aromatic N) is 2. The Kier molecular flexibility index (Phi) is 4.53. The topological polar surface area (TPSA) is 48.2 Å². The zero-order valence-corrected chi connectivity index (χ0v) is 16.0. The third-order valence-electron chi connectivity index (χ3n) is 4.70. The molecular formula is C22H17F3N2O2. The van der Waals surface area contributed by atoms with Gasteiger partial charge in [-0.2, -0.15) is 18.2 Å². The second kappa shape index (κ2) is 6.92. The van der Waals surface area contributed by atoms with Crippen LogP contribution in [-0.4, -0.2) is 17.1 Å². The quantitative estimate of drug-likeness (QED) is 0.412. The molecule has 0 saturated carbocycles. The first-order chi connectivity index (χ1) is 13.8. The van der Waals surface area contributed by atoms with E-state index in [2.05, 4.69) is 9.97 Å². The van der Waals surface area contributed by atoms with Crippen molar-refractivity contribution in [3.8, 4) is 28.2 Å². The van der Waals surface area contributed by atoms with Gasteiger partial charge in [-0.05, 0) is 43.7 Å². The van der Waals surface area contributed by atoms with E-state index in [0.717, 1.165) is 34.3 Å². The monoisotopic (exact) mass is 398 g/mol. The lowest BCUT2D eigenvalue weighted by atomic mass is 9.98. The summed E-state index contributed by atoms with van der Waals surface area (Å²) in [4.78, 5) is 8.81. The molecule has 2 aromatic heterocycles. The minimum atomic E-state index is -4.40. The number of aryl methyl sites for hydroxylation is 2. The summed E-state index contributed by atoms with van der Waals surface area (Å²) in [6.45, 7) is 3.62. The maximum Gasteiger partial charge on any atom is 0.416 e. The fourth-order valence-electron chi connectivity index (χ4n) is 3.35. The number of benzene rings is 2. The molecule has 4 aromatic rings. The predicted octanol–water partition coefficient (Wildman–Crippen LogP) is 6.20. The molecule has 0 aliphatic rings. The van der Waals surface area contributed by atoms with E-state index in [1.165, 1.54) is 12.1 Å². The molecule has 0 radical (unpaired) electrons. The fourth-order valence-corrected chi connectivity index (χ4v) is 3.35. The Morgan fingerprint density at radius 2 is 1.48 bits per heavy atom. The van der Waals surface area contributed by atoms with E-state index >= 15 is 0 Å². The molecule has 29 heavy (non-hydrogen) atoms. The van der Waals surface area contributed by atoms with Crippen LogP contribution in [0.25, 0.3) is 33.6 Å². The van der Waals surface area contributed by atoms with Crippen molar-refractivity contribution in [3.63, 3.8) is 0 Å². The summed E-state index contributed by atoms with van der Waals surface area (Å²) < 4.78 is 50.1. The van der Waals surface area contributed by atoms with Crippen LogP contribution in [-0.2, 0) is 6.18 Å². The number of furan rings is 1. The summed E-state index contributed by atoms with van der Waals surface area (Å²) in [6, 6.07) is 12.3. The second-order valence-corrected chi connectivity index (χ2v) is 6.65. The van der Waals surface area contributed by atoms with Crippen LogP contribution in [0.5, 0.6) is 5.75 Å². The van der Waals surface area contributed by atoms with E-state index < -0.39 is 11.7 Å². The number of methoxy groups -OCH3 is 1. The molecule has 0 spiro atoms. The highest BCUT2D eigenvalue weighted by molar-refractivity contribution is 6.01. The Morgan fingerprint density at radius 1 is 0.862 bits per heavy atom. The maximum absolute atomic E-state index is 12.9. The number of hydrogen-bond donors (Lipinski definition) is 0. The van der Waals surface area contributed by atoms with Gasteiger partial charge < -0.3 is 9.15 Å². The van der Waals surface area contributed by atoms with Gasteiger partial charge >= 0.3 is 6.18 Å². The highest BCUT2D eigenvalue weighted by Crippen LogP contribution is 2.42. The van der Waals surface area contributed by atoms with Crippen LogP contribution in [0.15, 0.2) is 52.9 Å². The van der Waals surface area contributed by atoms with Crippen molar-refractivity contribution < 1.29 is 22.3 Å². The molecule has 0 fully saturated rings. The van der Waals surface area contributed by atoms with Gasteiger partial charge in [0, 0.05) is 11.1 Å². The lowest BCUT2D eigenvalue weighted by molar-refractivity contribution is -0.137. The van der Waals surface area contributed by atoms with E-state index in [4.69, 9.17) is 9.15 Å². The molecule has 4 rings (SSSR count). The van der Waals surface area contributed by atoms with E-state index in [0.29, 0.717) is 28.6 Å². The Bertz CT molecular complexity index is 1180. The van der Waals surface area contributed by atoms with Crippen molar-refractivity contribution in [3.05, 3.63) is 65.6 Å². The molecule has 2 heterocycles. The standard InChI is InChI=1S/C22H17F3N2O2/c1-12-18-19(14-6-10-17(28-3)11-7-14)20(29-21(18)27-13(2)26-12)15-4-8-16(9-5-15)22(23,24)25/h4-11H,1-3H3. The predicted molar refractivity (Wildman–Crippen MR) is 104 cm³/mol. The molecule has 0 bridgehead atoms. The fraction of sp³-hybridized carbons (Fsp3) is 0.182. The Morgan fingerprint density at radius 3 is 2.07 bits per heavy atom. The van der Waals surface area contributed by atoms with Gasteiger partial charge in [-0.3, -0.25) is 0 Å². The van der Waals surface area contributed by atoms with Crippen molar-refractivity contribution in [2.24, 2.45) is 0 Å². The van der Waals surface area contributed by atoms with E-state index in [1.54, 1.807) is 14.0 Å². The van der Waals surface area contributed by atoms with Gasteiger partial charge in [0.2, 0.25) is 5.71 Å². The number of rotatable bonds is 3. The van der Waals surface area contributed by atoms with E-state index in [1.807, 2.05) is 31.2 Å². The molecule has 0 unspecified atom stereocenters. The number of hydrogen-bond acceptors (Lipinski definition) is 4. The van der Waals surface area contributed by atoms with Crippen molar-refractivity contribution in [1.29, 1.82) is 0 Å². The van der Waals surface area contributed by atoms with Crippen molar-refractivity contribution in [2.75, 3.05) is 7.11 Å². The molecule has 7 heteroatoms. The zero-order valence-electron chi connectivity index (χ0n) is 16.0. The third-order valence-corrected chi connectivity index (χ3v) is 4.70. The molecule has 148 valence electrons. The molecule has 0 saturated heterocycles. The van der Waals surface area contributed by atoms with Gasteiger partial charge in [0.1, 0.15) is 17.3 Å². The van der Waals surface area contributed by atoms with Crippen molar-refractivity contribution in [1.82, 2.24) is 9.97 Å². The number of alkyl halides is 3. The van der Waals surface area contributed by atoms with E-state index in [9.17, 15) is 13.2 Å². The molecule has 0 aliphatic carbocycles. The number of fused-ring (bicyclic) bond motifs is 1. The lowest BCUT2D eigenvalue weighted by Gasteiger charge is -2.08. The van der Waals surface area contributed by atoms with Crippen LogP contribution in [0.2, 0.25) is 0 Å². The summed E-state index contributed by atoms with van der Waals surface area (Å²) >= 11 is 0. The zero-order chi connectivity index (χ0) is 20.8. The van der Waals surface area contributed by atoms with Crippen LogP contribution < -0.4 is 4.74 Å². The average Bonchev–Trinajstić information content (AvgIpc) is 3.07. The Balaban J connectivity index is 1.96. The smallest absolute Gasteiger partial charge is 0.416 e. The van der Waals surface area contributed by atoms with Crippen molar-refractivity contribution >= 4 is 11.1 Å². The summed E-state index contributed by atoms with van der Waals surface area (Å²) in [6.07, 6.45) is -4.40. The van der Waals surface area contributed by atoms with Gasteiger partial charge in [-0.15, -0.1) is 0 Å². The van der Waals surface area contributed by atoms with Crippen LogP contribution in [0.4, 0.5) is 13.2 Å². The molecule has 0 atom stereocenters. The van der Waals surface area contributed by atoms with Gasteiger partial charge in [0.25, 0.3) is 0 Å². The largest absolute Gasteiger partial charge is 0.497 e. The Labute approximate surface area is 165 Å². The first-order valence-corrected chi connectivity index (χ1v) is 8.87. The molecule has 4 nitrogen and oxygen atoms in total. The molecule has 0 aliphatic heterocycles. The van der Waals surface area contributed by atoms with Crippen LogP contribution >= 0.6 is 0 Å².